The number of benzene rings is 3. The quantitative estimate of drug-likeness (QED) is 0.280. The molecule has 1 heterocycles. The molecular formula is C24H18BrNO6S2. The predicted molar refractivity (Wildman–Crippen MR) is 133 cm³/mol. The summed E-state index contributed by atoms with van der Waals surface area (Å²) in [4.78, 5) is 26.7. The first-order valence-corrected chi connectivity index (χ1v) is 13.0. The van der Waals surface area contributed by atoms with Gasteiger partial charge in [0.1, 0.15) is 16.4 Å². The van der Waals surface area contributed by atoms with Crippen LogP contribution in [0.1, 0.15) is 11.1 Å². The van der Waals surface area contributed by atoms with Gasteiger partial charge < -0.3 is 8.92 Å². The van der Waals surface area contributed by atoms with Gasteiger partial charge in [-0.2, -0.15) is 8.42 Å². The average molecular weight is 560 g/mol. The summed E-state index contributed by atoms with van der Waals surface area (Å²) in [7, 11) is -2.58. The number of thioether (sulfide) groups is 1. The molecule has 1 aliphatic rings. The highest BCUT2D eigenvalue weighted by Gasteiger charge is 2.35. The van der Waals surface area contributed by atoms with E-state index in [9.17, 15) is 18.0 Å². The van der Waals surface area contributed by atoms with Gasteiger partial charge in [-0.15, -0.1) is 0 Å². The Morgan fingerprint density at radius 1 is 0.971 bits per heavy atom. The number of carbonyl (C=O) groups is 2. The molecule has 0 bridgehead atoms. The molecule has 0 atom stereocenters. The highest BCUT2D eigenvalue weighted by Crippen LogP contribution is 2.34. The lowest BCUT2D eigenvalue weighted by atomic mass is 10.2. The molecule has 1 aliphatic heterocycles. The molecular weight excluding hydrogens is 542 g/mol. The van der Waals surface area contributed by atoms with Crippen molar-refractivity contribution in [2.75, 3.05) is 7.11 Å². The summed E-state index contributed by atoms with van der Waals surface area (Å²) in [6, 6.07) is 19.5. The number of imide groups is 1. The summed E-state index contributed by atoms with van der Waals surface area (Å²) in [5.41, 5.74) is 1.33. The van der Waals surface area contributed by atoms with Crippen LogP contribution in [0.25, 0.3) is 6.08 Å². The third-order valence-corrected chi connectivity index (χ3v) is 7.81. The number of hydrogen-bond acceptors (Lipinski definition) is 7. The number of halogens is 1. The molecule has 1 fully saturated rings. The van der Waals surface area contributed by atoms with E-state index in [1.54, 1.807) is 12.1 Å². The van der Waals surface area contributed by atoms with Gasteiger partial charge in [0, 0.05) is 4.47 Å². The number of rotatable bonds is 7. The van der Waals surface area contributed by atoms with E-state index in [0.29, 0.717) is 11.3 Å². The highest BCUT2D eigenvalue weighted by atomic mass is 79.9. The number of carbonyl (C=O) groups excluding carboxylic acids is 2. The Morgan fingerprint density at radius 3 is 2.41 bits per heavy atom. The van der Waals surface area contributed by atoms with Crippen molar-refractivity contribution in [3.8, 4) is 11.5 Å². The first-order chi connectivity index (χ1) is 16.3. The lowest BCUT2D eigenvalue weighted by Crippen LogP contribution is -2.27. The van der Waals surface area contributed by atoms with Gasteiger partial charge in [-0.1, -0.05) is 46.3 Å². The number of methoxy groups -OCH3 is 1. The maximum Gasteiger partial charge on any atom is 0.339 e. The molecule has 0 saturated carbocycles. The fraction of sp³-hybridized carbons (Fsp3) is 0.0833. The minimum atomic E-state index is -4.06. The molecule has 0 radical (unpaired) electrons. The smallest absolute Gasteiger partial charge is 0.339 e. The topological polar surface area (TPSA) is 90.0 Å². The Balaban J connectivity index is 1.52. The minimum Gasteiger partial charge on any atom is -0.497 e. The summed E-state index contributed by atoms with van der Waals surface area (Å²) in [6.07, 6.45) is 1.54. The summed E-state index contributed by atoms with van der Waals surface area (Å²) in [6.45, 7) is 0.146. The Kier molecular flexibility index (Phi) is 7.11. The Bertz CT molecular complexity index is 1390. The van der Waals surface area contributed by atoms with Crippen LogP contribution in [0, 0.1) is 0 Å². The molecule has 34 heavy (non-hydrogen) atoms. The van der Waals surface area contributed by atoms with Gasteiger partial charge in [0.15, 0.2) is 0 Å². The molecule has 7 nitrogen and oxygen atoms in total. The molecule has 4 rings (SSSR count). The van der Waals surface area contributed by atoms with Gasteiger partial charge in [-0.25, -0.2) is 0 Å². The predicted octanol–water partition coefficient (Wildman–Crippen LogP) is 5.46. The molecule has 0 aromatic heterocycles. The molecule has 0 aliphatic carbocycles. The zero-order valence-corrected chi connectivity index (χ0v) is 21.0. The van der Waals surface area contributed by atoms with Gasteiger partial charge in [0.2, 0.25) is 0 Å². The number of nitrogens with zero attached hydrogens (tertiary/aromatic N) is 1. The van der Waals surface area contributed by atoms with Gasteiger partial charge in [0.05, 0.1) is 18.6 Å². The second kappa shape index (κ2) is 10.0. The molecule has 2 amide bonds. The van der Waals surface area contributed by atoms with E-state index in [4.69, 9.17) is 8.92 Å². The van der Waals surface area contributed by atoms with Crippen LogP contribution in [0.3, 0.4) is 0 Å². The SMILES string of the molecule is COc1ccc(S(=O)(=O)Oc2cccc(/C=C3\SC(=O)N(Cc4ccccc4Br)C3=O)c2)cc1. The van der Waals surface area contributed by atoms with Crippen LogP contribution in [0.15, 0.2) is 87.1 Å². The van der Waals surface area contributed by atoms with Crippen LogP contribution in [0.5, 0.6) is 11.5 Å². The van der Waals surface area contributed by atoms with Crippen LogP contribution in [-0.2, 0) is 21.5 Å². The second-order valence-electron chi connectivity index (χ2n) is 7.14. The van der Waals surface area contributed by atoms with E-state index in [1.807, 2.05) is 24.3 Å². The second-order valence-corrected chi connectivity index (χ2v) is 10.5. The molecule has 0 N–H and O–H groups in total. The van der Waals surface area contributed by atoms with Crippen LogP contribution in [0.4, 0.5) is 4.79 Å². The maximum absolute atomic E-state index is 12.9. The fourth-order valence-corrected chi connectivity index (χ4v) is 5.33. The third kappa shape index (κ3) is 5.35. The summed E-state index contributed by atoms with van der Waals surface area (Å²) < 4.78 is 36.3. The highest BCUT2D eigenvalue weighted by molar-refractivity contribution is 9.10. The standard InChI is InChI=1S/C24H18BrNO6S2/c1-31-18-9-11-20(12-10-18)34(29,30)32-19-7-4-5-16(13-19)14-22-23(27)26(24(28)33-22)15-17-6-2-3-8-21(17)25/h2-14H,15H2,1H3/b22-14-. The summed E-state index contributed by atoms with van der Waals surface area (Å²) in [5.74, 6) is 0.189. The maximum atomic E-state index is 12.9. The first-order valence-electron chi connectivity index (χ1n) is 9.94. The van der Waals surface area contributed by atoms with Crippen LogP contribution < -0.4 is 8.92 Å². The van der Waals surface area contributed by atoms with Crippen molar-refractivity contribution in [1.29, 1.82) is 0 Å². The largest absolute Gasteiger partial charge is 0.497 e. The lowest BCUT2D eigenvalue weighted by Gasteiger charge is -2.13. The van der Waals surface area contributed by atoms with Crippen molar-refractivity contribution >= 4 is 55.0 Å². The molecule has 1 saturated heterocycles. The van der Waals surface area contributed by atoms with Crippen molar-refractivity contribution in [2.45, 2.75) is 11.4 Å². The first kappa shape index (κ1) is 24.1. The van der Waals surface area contributed by atoms with Gasteiger partial charge >= 0.3 is 10.1 Å². The fourth-order valence-electron chi connectivity index (χ4n) is 3.16. The zero-order chi connectivity index (χ0) is 24.3. The Hall–Kier alpha value is -3.08. The van der Waals surface area contributed by atoms with E-state index < -0.39 is 16.0 Å². The zero-order valence-electron chi connectivity index (χ0n) is 17.8. The van der Waals surface area contributed by atoms with Crippen molar-refractivity contribution in [3.63, 3.8) is 0 Å². The number of ether oxygens (including phenoxy) is 1. The normalized spacial score (nSPS) is 15.1. The molecule has 0 unspecified atom stereocenters. The minimum absolute atomic E-state index is 0.0214. The van der Waals surface area contributed by atoms with E-state index in [2.05, 4.69) is 15.9 Å². The van der Waals surface area contributed by atoms with Crippen molar-refractivity contribution < 1.29 is 26.9 Å². The third-order valence-electron chi connectivity index (χ3n) is 4.87. The molecule has 3 aromatic rings. The number of hydrogen-bond donors (Lipinski definition) is 0. The molecule has 3 aromatic carbocycles. The molecule has 174 valence electrons. The van der Waals surface area contributed by atoms with Crippen LogP contribution >= 0.6 is 27.7 Å². The lowest BCUT2D eigenvalue weighted by molar-refractivity contribution is -0.123. The van der Waals surface area contributed by atoms with E-state index in [-0.39, 0.29) is 27.3 Å². The van der Waals surface area contributed by atoms with E-state index >= 15 is 0 Å². The average Bonchev–Trinajstić information content (AvgIpc) is 3.07. The van der Waals surface area contributed by atoms with Gasteiger partial charge in [0.25, 0.3) is 11.1 Å². The van der Waals surface area contributed by atoms with Crippen molar-refractivity contribution in [3.05, 3.63) is 93.3 Å². The van der Waals surface area contributed by atoms with Gasteiger partial charge in [-0.3, -0.25) is 14.5 Å². The molecule has 10 heteroatoms. The van der Waals surface area contributed by atoms with Crippen molar-refractivity contribution in [2.24, 2.45) is 0 Å². The van der Waals surface area contributed by atoms with E-state index in [0.717, 1.165) is 21.8 Å². The summed E-state index contributed by atoms with van der Waals surface area (Å²) >= 11 is 4.26. The van der Waals surface area contributed by atoms with Crippen LogP contribution in [-0.4, -0.2) is 31.6 Å². The number of amides is 2. The molecule has 0 spiro atoms. The monoisotopic (exact) mass is 559 g/mol. The Morgan fingerprint density at radius 2 is 1.71 bits per heavy atom. The van der Waals surface area contributed by atoms with Crippen LogP contribution in [0.2, 0.25) is 0 Å². The van der Waals surface area contributed by atoms with E-state index in [1.165, 1.54) is 54.5 Å². The van der Waals surface area contributed by atoms with Crippen molar-refractivity contribution in [1.82, 2.24) is 4.90 Å². The summed E-state index contributed by atoms with van der Waals surface area (Å²) in [5, 5.41) is -0.374. The van der Waals surface area contributed by atoms with Gasteiger partial charge in [-0.05, 0) is 71.4 Å². The Labute approximate surface area is 209 Å².